The van der Waals surface area contributed by atoms with Crippen molar-refractivity contribution in [2.24, 2.45) is 0 Å². The zero-order valence-electron chi connectivity index (χ0n) is 20.6. The molecule has 0 bridgehead atoms. The van der Waals surface area contributed by atoms with Crippen LogP contribution in [0.5, 0.6) is 0 Å². The van der Waals surface area contributed by atoms with Gasteiger partial charge in [0.05, 0.1) is 6.04 Å². The number of hydrogen-bond acceptors (Lipinski definition) is 7. The Kier molecular flexibility index (Phi) is 13.7. The van der Waals surface area contributed by atoms with Crippen LogP contribution in [0.1, 0.15) is 58.8 Å². The summed E-state index contributed by atoms with van der Waals surface area (Å²) in [6, 6.07) is -1.90. The molecular formula is C24H36N4O8. The fourth-order valence-electron chi connectivity index (χ4n) is 3.58. The third-order valence-corrected chi connectivity index (χ3v) is 5.60. The lowest BCUT2D eigenvalue weighted by Crippen LogP contribution is -2.61. The van der Waals surface area contributed by atoms with Crippen molar-refractivity contribution in [1.29, 1.82) is 0 Å². The van der Waals surface area contributed by atoms with E-state index in [0.29, 0.717) is 51.5 Å². The van der Waals surface area contributed by atoms with Crippen LogP contribution >= 0.6 is 0 Å². The van der Waals surface area contributed by atoms with E-state index in [1.807, 2.05) is 0 Å². The van der Waals surface area contributed by atoms with Crippen molar-refractivity contribution in [2.45, 2.75) is 83.0 Å². The van der Waals surface area contributed by atoms with Crippen molar-refractivity contribution >= 4 is 35.4 Å². The number of piperazine rings is 1. The number of carbonyl (C=O) groups excluding carboxylic acids is 4. The third kappa shape index (κ3) is 12.8. The number of amides is 3. The fourth-order valence-corrected chi connectivity index (χ4v) is 3.58. The van der Waals surface area contributed by atoms with E-state index in [4.69, 9.17) is 10.2 Å². The molecule has 1 aliphatic rings. The Morgan fingerprint density at radius 1 is 0.833 bits per heavy atom. The van der Waals surface area contributed by atoms with E-state index in [-0.39, 0.29) is 23.6 Å². The standard InChI is InChI=1S/C24H36N4O8/c1-15(26-20(30)11-13-22(33)34)7-3-4-8-17-23(35)28-18(24(36)27-17)9-5-6-14-25-16(2)19(29)10-12-21(31)32/h10-13,15-18,25H,3-9,14H2,1-2H3,(H,26,30)(H,27,36)(H,28,35)(H,31,32)(H,33,34). The molecule has 12 heteroatoms. The van der Waals surface area contributed by atoms with Gasteiger partial charge in [0.25, 0.3) is 0 Å². The van der Waals surface area contributed by atoms with Gasteiger partial charge in [0.15, 0.2) is 5.78 Å². The lowest BCUT2D eigenvalue weighted by atomic mass is 10.00. The summed E-state index contributed by atoms with van der Waals surface area (Å²) in [7, 11) is 0. The summed E-state index contributed by atoms with van der Waals surface area (Å²) in [4.78, 5) is 68.9. The average molecular weight is 509 g/mol. The van der Waals surface area contributed by atoms with Crippen LogP contribution in [0.2, 0.25) is 0 Å². The van der Waals surface area contributed by atoms with Crippen LogP contribution in [-0.4, -0.2) is 76.4 Å². The number of carboxylic acids is 2. The predicted molar refractivity (Wildman–Crippen MR) is 130 cm³/mol. The molecule has 3 amide bonds. The van der Waals surface area contributed by atoms with E-state index >= 15 is 0 Å². The van der Waals surface area contributed by atoms with Crippen molar-refractivity contribution in [3.05, 3.63) is 24.3 Å². The van der Waals surface area contributed by atoms with Crippen LogP contribution in [0, 0.1) is 0 Å². The highest BCUT2D eigenvalue weighted by Gasteiger charge is 2.32. The summed E-state index contributed by atoms with van der Waals surface area (Å²) in [5, 5.41) is 28.2. The molecule has 1 fully saturated rings. The molecule has 1 aliphatic heterocycles. The highest BCUT2D eigenvalue weighted by atomic mass is 16.4. The second-order valence-electron chi connectivity index (χ2n) is 8.73. The molecule has 1 saturated heterocycles. The Morgan fingerprint density at radius 2 is 1.36 bits per heavy atom. The zero-order chi connectivity index (χ0) is 27.1. The Hall–Kier alpha value is -3.54. The van der Waals surface area contributed by atoms with Crippen molar-refractivity contribution in [3.8, 4) is 0 Å². The third-order valence-electron chi connectivity index (χ3n) is 5.60. The number of rotatable bonds is 17. The molecule has 0 aromatic rings. The van der Waals surface area contributed by atoms with Crippen LogP contribution in [0.15, 0.2) is 24.3 Å². The van der Waals surface area contributed by atoms with E-state index in [9.17, 15) is 28.8 Å². The maximum Gasteiger partial charge on any atom is 0.328 e. The highest BCUT2D eigenvalue weighted by Crippen LogP contribution is 2.12. The summed E-state index contributed by atoms with van der Waals surface area (Å²) in [6.45, 7) is 3.95. The summed E-state index contributed by atoms with van der Waals surface area (Å²) < 4.78 is 0. The van der Waals surface area contributed by atoms with Crippen molar-refractivity contribution in [1.82, 2.24) is 21.3 Å². The van der Waals surface area contributed by atoms with Crippen LogP contribution in [0.25, 0.3) is 0 Å². The second-order valence-corrected chi connectivity index (χ2v) is 8.73. The van der Waals surface area contributed by atoms with E-state index in [0.717, 1.165) is 24.3 Å². The molecule has 1 rings (SSSR count). The number of carboxylic acid groups (broad SMARTS) is 2. The first-order valence-corrected chi connectivity index (χ1v) is 12.0. The maximum atomic E-state index is 12.4. The van der Waals surface area contributed by atoms with Gasteiger partial charge in [-0.1, -0.05) is 12.8 Å². The van der Waals surface area contributed by atoms with Gasteiger partial charge in [-0.3, -0.25) is 19.2 Å². The summed E-state index contributed by atoms with van der Waals surface area (Å²) in [5.41, 5.74) is 0. The second kappa shape index (κ2) is 16.2. The molecule has 1 heterocycles. The molecule has 36 heavy (non-hydrogen) atoms. The number of carbonyl (C=O) groups is 6. The summed E-state index contributed by atoms with van der Waals surface area (Å²) in [6.07, 6.45) is 7.80. The smallest absolute Gasteiger partial charge is 0.328 e. The van der Waals surface area contributed by atoms with Gasteiger partial charge in [0, 0.05) is 24.3 Å². The SMILES string of the molecule is CC(CCCCC1NC(=O)C(CCCCNC(C)C(=O)C=CC(=O)O)NC1=O)NC(=O)C=CC(=O)O. The Balaban J connectivity index is 2.24. The minimum atomic E-state index is -1.20. The lowest BCUT2D eigenvalue weighted by molar-refractivity contribution is -0.137. The van der Waals surface area contributed by atoms with Gasteiger partial charge in [0.2, 0.25) is 17.7 Å². The number of aliphatic carboxylic acids is 2. The van der Waals surface area contributed by atoms with Gasteiger partial charge in [0.1, 0.15) is 12.1 Å². The summed E-state index contributed by atoms with van der Waals surface area (Å²) >= 11 is 0. The minimum absolute atomic E-state index is 0.160. The average Bonchev–Trinajstić information content (AvgIpc) is 2.80. The Morgan fingerprint density at radius 3 is 1.92 bits per heavy atom. The quantitative estimate of drug-likeness (QED) is 0.116. The van der Waals surface area contributed by atoms with Gasteiger partial charge in [-0.05, 0) is 58.6 Å². The van der Waals surface area contributed by atoms with E-state index in [2.05, 4.69) is 21.3 Å². The maximum absolute atomic E-state index is 12.4. The molecule has 4 atom stereocenters. The molecule has 0 aromatic heterocycles. The van der Waals surface area contributed by atoms with Crippen molar-refractivity contribution in [3.63, 3.8) is 0 Å². The fraction of sp³-hybridized carbons (Fsp3) is 0.583. The Bertz CT molecular complexity index is 870. The van der Waals surface area contributed by atoms with Crippen LogP contribution in [-0.2, 0) is 28.8 Å². The van der Waals surface area contributed by atoms with Crippen molar-refractivity contribution < 1.29 is 39.0 Å². The molecule has 200 valence electrons. The van der Waals surface area contributed by atoms with Crippen LogP contribution in [0.3, 0.4) is 0 Å². The predicted octanol–water partition coefficient (Wildman–Crippen LogP) is 0.0338. The molecular weight excluding hydrogens is 472 g/mol. The van der Waals surface area contributed by atoms with Gasteiger partial charge in [-0.2, -0.15) is 0 Å². The monoisotopic (exact) mass is 508 g/mol. The van der Waals surface area contributed by atoms with Gasteiger partial charge in [-0.15, -0.1) is 0 Å². The van der Waals surface area contributed by atoms with E-state index in [1.165, 1.54) is 0 Å². The van der Waals surface area contributed by atoms with Gasteiger partial charge in [-0.25, -0.2) is 9.59 Å². The first kappa shape index (κ1) is 30.5. The summed E-state index contributed by atoms with van der Waals surface area (Å²) in [5.74, 6) is -3.68. The van der Waals surface area contributed by atoms with E-state index < -0.39 is 36.0 Å². The highest BCUT2D eigenvalue weighted by molar-refractivity contribution is 5.98. The topological polar surface area (TPSA) is 191 Å². The molecule has 0 saturated carbocycles. The minimum Gasteiger partial charge on any atom is -0.478 e. The van der Waals surface area contributed by atoms with Crippen LogP contribution < -0.4 is 21.3 Å². The van der Waals surface area contributed by atoms with Crippen molar-refractivity contribution in [2.75, 3.05) is 6.54 Å². The molecule has 6 N–H and O–H groups in total. The normalized spacial score (nSPS) is 19.5. The Labute approximate surface area is 210 Å². The molecule has 0 aromatic carbocycles. The largest absolute Gasteiger partial charge is 0.478 e. The molecule has 0 spiro atoms. The number of hydrogen-bond donors (Lipinski definition) is 6. The number of ketones is 1. The lowest BCUT2D eigenvalue weighted by Gasteiger charge is -2.29. The van der Waals surface area contributed by atoms with Gasteiger partial charge >= 0.3 is 11.9 Å². The first-order valence-electron chi connectivity index (χ1n) is 12.0. The van der Waals surface area contributed by atoms with Gasteiger partial charge < -0.3 is 31.5 Å². The first-order chi connectivity index (χ1) is 17.0. The zero-order valence-corrected chi connectivity index (χ0v) is 20.6. The molecule has 0 aliphatic carbocycles. The molecule has 12 nitrogen and oxygen atoms in total. The molecule has 4 unspecified atom stereocenters. The number of unbranched alkanes of at least 4 members (excludes halogenated alkanes) is 2. The molecule has 0 radical (unpaired) electrons. The number of nitrogens with one attached hydrogen (secondary N) is 4. The van der Waals surface area contributed by atoms with E-state index in [1.54, 1.807) is 13.8 Å². The van der Waals surface area contributed by atoms with Crippen LogP contribution in [0.4, 0.5) is 0 Å².